The summed E-state index contributed by atoms with van der Waals surface area (Å²) >= 11 is 0. The second-order valence-corrected chi connectivity index (χ2v) is 6.25. The van der Waals surface area contributed by atoms with Crippen molar-refractivity contribution >= 4 is 11.7 Å². The highest BCUT2D eigenvalue weighted by Crippen LogP contribution is 2.52. The number of halogens is 5. The fourth-order valence-corrected chi connectivity index (χ4v) is 3.27. The fourth-order valence-electron chi connectivity index (χ4n) is 3.27. The van der Waals surface area contributed by atoms with Gasteiger partial charge in [-0.1, -0.05) is 18.2 Å². The number of hydrogen-bond donors (Lipinski definition) is 1. The van der Waals surface area contributed by atoms with E-state index in [-0.39, 0.29) is 17.3 Å². The molecule has 1 N–H and O–H groups in total. The van der Waals surface area contributed by atoms with E-state index in [1.54, 1.807) is 0 Å². The second kappa shape index (κ2) is 5.62. The molecule has 2 aliphatic rings. The van der Waals surface area contributed by atoms with E-state index >= 15 is 0 Å². The van der Waals surface area contributed by atoms with Crippen molar-refractivity contribution in [2.75, 3.05) is 0 Å². The number of amides is 1. The van der Waals surface area contributed by atoms with Crippen LogP contribution >= 0.6 is 0 Å². The van der Waals surface area contributed by atoms with Gasteiger partial charge in [0.1, 0.15) is 17.5 Å². The van der Waals surface area contributed by atoms with Crippen LogP contribution in [-0.2, 0) is 11.0 Å². The number of carbonyl (C=O) groups is 1. The molecular weight excluding hydrogens is 355 g/mol. The largest absolute Gasteiger partial charge is 0.416 e. The van der Waals surface area contributed by atoms with E-state index in [2.05, 4.69) is 10.3 Å². The molecule has 3 atom stereocenters. The number of nitrogens with one attached hydrogen (secondary N) is 1. The number of carbonyl (C=O) groups excluding carboxylic acids is 1. The van der Waals surface area contributed by atoms with Gasteiger partial charge in [-0.05, 0) is 23.8 Å². The van der Waals surface area contributed by atoms with Gasteiger partial charge < -0.3 is 5.32 Å². The monoisotopic (exact) mass is 366 g/mol. The normalized spacial score (nSPS) is 24.6. The molecule has 2 aromatic carbocycles. The standard InChI is InChI=1S/C18H11F5N2O/c19-10-5-6-11(12(20)7-10)13-14-15(13)24-16(25-17(14)26)8-1-3-9(4-2-8)18(21,22)23/h1-7,13-15H,(H,24,25,26). The van der Waals surface area contributed by atoms with E-state index in [1.165, 1.54) is 18.2 Å². The maximum atomic E-state index is 14.0. The number of rotatable bonds is 2. The van der Waals surface area contributed by atoms with Gasteiger partial charge in [0.15, 0.2) is 0 Å². The molecule has 8 heteroatoms. The van der Waals surface area contributed by atoms with E-state index < -0.39 is 41.3 Å². The lowest BCUT2D eigenvalue weighted by Crippen LogP contribution is -2.36. The molecule has 26 heavy (non-hydrogen) atoms. The van der Waals surface area contributed by atoms with Crippen LogP contribution in [0.4, 0.5) is 22.0 Å². The molecule has 1 heterocycles. The highest BCUT2D eigenvalue weighted by atomic mass is 19.4. The Kier molecular flexibility index (Phi) is 3.61. The molecule has 4 rings (SSSR count). The molecule has 134 valence electrons. The summed E-state index contributed by atoms with van der Waals surface area (Å²) in [6, 6.07) is 6.88. The van der Waals surface area contributed by atoms with Crippen molar-refractivity contribution in [3.63, 3.8) is 0 Å². The molecule has 0 radical (unpaired) electrons. The molecule has 3 unspecified atom stereocenters. The Morgan fingerprint density at radius 1 is 0.962 bits per heavy atom. The second-order valence-electron chi connectivity index (χ2n) is 6.25. The number of amidine groups is 1. The van der Waals surface area contributed by atoms with Crippen molar-refractivity contribution in [3.8, 4) is 0 Å². The van der Waals surface area contributed by atoms with Gasteiger partial charge in [0.2, 0.25) is 5.91 Å². The van der Waals surface area contributed by atoms with Crippen LogP contribution in [0.5, 0.6) is 0 Å². The van der Waals surface area contributed by atoms with Gasteiger partial charge in [0.05, 0.1) is 17.5 Å². The van der Waals surface area contributed by atoms with Gasteiger partial charge >= 0.3 is 6.18 Å². The minimum absolute atomic E-state index is 0.148. The molecule has 1 amide bonds. The van der Waals surface area contributed by atoms with Gasteiger partial charge in [-0.15, -0.1) is 0 Å². The number of alkyl halides is 3. The fraction of sp³-hybridized carbons (Fsp3) is 0.222. The Hall–Kier alpha value is -2.77. The van der Waals surface area contributed by atoms with Crippen LogP contribution in [0.2, 0.25) is 0 Å². The summed E-state index contributed by atoms with van der Waals surface area (Å²) in [5, 5.41) is 2.55. The lowest BCUT2D eigenvalue weighted by Gasteiger charge is -2.13. The van der Waals surface area contributed by atoms with Crippen LogP contribution in [0.15, 0.2) is 47.5 Å². The zero-order chi connectivity index (χ0) is 18.6. The summed E-state index contributed by atoms with van der Waals surface area (Å²) in [5.74, 6) is -2.77. The van der Waals surface area contributed by atoms with Crippen molar-refractivity contribution in [3.05, 3.63) is 70.8 Å². The smallest absolute Gasteiger partial charge is 0.310 e. The summed E-state index contributed by atoms with van der Waals surface area (Å²) < 4.78 is 64.9. The van der Waals surface area contributed by atoms with E-state index in [1.807, 2.05) is 0 Å². The van der Waals surface area contributed by atoms with Crippen LogP contribution in [0.25, 0.3) is 0 Å². The first-order valence-corrected chi connectivity index (χ1v) is 7.77. The van der Waals surface area contributed by atoms with Crippen LogP contribution in [0.1, 0.15) is 22.6 Å². The summed E-state index contributed by atoms with van der Waals surface area (Å²) in [4.78, 5) is 16.6. The molecule has 2 aromatic rings. The predicted molar refractivity (Wildman–Crippen MR) is 82.5 cm³/mol. The zero-order valence-electron chi connectivity index (χ0n) is 13.0. The summed E-state index contributed by atoms with van der Waals surface area (Å²) in [6.45, 7) is 0. The van der Waals surface area contributed by atoms with Crippen LogP contribution in [0.3, 0.4) is 0 Å². The number of fused-ring (bicyclic) bond motifs is 1. The molecule has 0 aromatic heterocycles. The maximum Gasteiger partial charge on any atom is 0.416 e. The molecular formula is C18H11F5N2O. The van der Waals surface area contributed by atoms with E-state index in [9.17, 15) is 26.7 Å². The average Bonchev–Trinajstić information content (AvgIpc) is 3.29. The third-order valence-electron chi connectivity index (χ3n) is 4.61. The Morgan fingerprint density at radius 3 is 2.27 bits per heavy atom. The predicted octanol–water partition coefficient (Wildman–Crippen LogP) is 3.64. The molecule has 1 saturated carbocycles. The van der Waals surface area contributed by atoms with Gasteiger partial charge in [0, 0.05) is 17.5 Å². The number of nitrogens with zero attached hydrogens (tertiary/aromatic N) is 1. The van der Waals surface area contributed by atoms with E-state index in [4.69, 9.17) is 0 Å². The summed E-state index contributed by atoms with van der Waals surface area (Å²) in [7, 11) is 0. The SMILES string of the molecule is O=C1NC(c2ccc(C(F)(F)F)cc2)=NC2C1C2c1ccc(F)cc1F. The number of benzene rings is 2. The minimum Gasteiger partial charge on any atom is -0.310 e. The average molecular weight is 366 g/mol. The van der Waals surface area contributed by atoms with Gasteiger partial charge in [0.25, 0.3) is 0 Å². The number of aliphatic imine (C=N–C) groups is 1. The van der Waals surface area contributed by atoms with Gasteiger partial charge in [-0.25, -0.2) is 8.78 Å². The lowest BCUT2D eigenvalue weighted by molar-refractivity contribution is -0.137. The molecule has 0 spiro atoms. The van der Waals surface area contributed by atoms with E-state index in [0.717, 1.165) is 24.3 Å². The topological polar surface area (TPSA) is 41.5 Å². The summed E-state index contributed by atoms with van der Waals surface area (Å²) in [5.41, 5.74) is -0.274. The quantitative estimate of drug-likeness (QED) is 0.810. The molecule has 1 aliphatic carbocycles. The molecule has 0 bridgehead atoms. The van der Waals surface area contributed by atoms with Gasteiger partial charge in [-0.3, -0.25) is 9.79 Å². The first kappa shape index (κ1) is 16.7. The van der Waals surface area contributed by atoms with Crippen LogP contribution < -0.4 is 5.32 Å². The Balaban J connectivity index is 1.62. The highest BCUT2D eigenvalue weighted by molar-refractivity contribution is 6.11. The van der Waals surface area contributed by atoms with Crippen LogP contribution in [-0.4, -0.2) is 17.8 Å². The third kappa shape index (κ3) is 2.75. The highest BCUT2D eigenvalue weighted by Gasteiger charge is 2.59. The van der Waals surface area contributed by atoms with Crippen molar-refractivity contribution in [1.29, 1.82) is 0 Å². The van der Waals surface area contributed by atoms with Crippen molar-refractivity contribution < 1.29 is 26.7 Å². The number of hydrogen-bond acceptors (Lipinski definition) is 2. The molecule has 3 nitrogen and oxygen atoms in total. The Morgan fingerprint density at radius 2 is 1.65 bits per heavy atom. The van der Waals surface area contributed by atoms with Crippen LogP contribution in [0, 0.1) is 17.6 Å². The maximum absolute atomic E-state index is 14.0. The zero-order valence-corrected chi connectivity index (χ0v) is 13.0. The van der Waals surface area contributed by atoms with Crippen molar-refractivity contribution in [1.82, 2.24) is 5.32 Å². The van der Waals surface area contributed by atoms with E-state index in [0.29, 0.717) is 5.56 Å². The first-order valence-electron chi connectivity index (χ1n) is 7.77. The van der Waals surface area contributed by atoms with Crippen molar-refractivity contribution in [2.24, 2.45) is 10.9 Å². The van der Waals surface area contributed by atoms with Crippen molar-refractivity contribution in [2.45, 2.75) is 18.1 Å². The lowest BCUT2D eigenvalue weighted by atomic mass is 10.1. The molecule has 1 fully saturated rings. The first-order chi connectivity index (χ1) is 12.3. The third-order valence-corrected chi connectivity index (χ3v) is 4.61. The molecule has 0 saturated heterocycles. The Bertz CT molecular complexity index is 920. The summed E-state index contributed by atoms with van der Waals surface area (Å²) in [6.07, 6.45) is -4.46. The Labute approximate surface area is 144 Å². The van der Waals surface area contributed by atoms with Gasteiger partial charge in [-0.2, -0.15) is 13.2 Å². The molecule has 1 aliphatic heterocycles. The minimum atomic E-state index is -4.46.